The molecule has 4 aromatic carbocycles. The number of rotatable bonds is 4. The van der Waals surface area contributed by atoms with Crippen molar-refractivity contribution in [3.05, 3.63) is 117 Å². The average molecular weight is 515 g/mol. The molecule has 0 saturated carbocycles. The van der Waals surface area contributed by atoms with Crippen LogP contribution in [0.15, 0.2) is 84.4 Å². The van der Waals surface area contributed by atoms with Crippen LogP contribution in [0, 0.1) is 6.92 Å². The zero-order valence-corrected chi connectivity index (χ0v) is 20.7. The fraction of sp³-hybridized carbons (Fsp3) is 0.0690. The van der Waals surface area contributed by atoms with Crippen LogP contribution in [0.4, 0.5) is 10.5 Å². The third-order valence-corrected chi connectivity index (χ3v) is 7.05. The summed E-state index contributed by atoms with van der Waals surface area (Å²) in [6, 6.07) is 23.4. The lowest BCUT2D eigenvalue weighted by Gasteiger charge is -2.28. The molecule has 1 saturated heterocycles. The summed E-state index contributed by atoms with van der Waals surface area (Å²) in [5.41, 5.74) is 3.24. The summed E-state index contributed by atoms with van der Waals surface area (Å²) in [6.07, 6.45) is 2.06. The third-order valence-electron chi connectivity index (χ3n) is 6.27. The second kappa shape index (κ2) is 9.61. The normalized spacial score (nSPS) is 15.0. The molecule has 178 valence electrons. The largest absolute Gasteiger partial charge is 0.335 e. The molecule has 1 aliphatic rings. The van der Waals surface area contributed by atoms with Crippen molar-refractivity contribution in [3.8, 4) is 0 Å². The number of hydrogen-bond acceptors (Lipinski definition) is 3. The monoisotopic (exact) mass is 514 g/mol. The van der Waals surface area contributed by atoms with E-state index in [1.807, 2.05) is 60.7 Å². The molecule has 36 heavy (non-hydrogen) atoms. The van der Waals surface area contributed by atoms with Crippen LogP contribution in [0.1, 0.15) is 22.3 Å². The Morgan fingerprint density at radius 3 is 2.33 bits per heavy atom. The molecule has 0 aromatic heterocycles. The number of nitrogens with zero attached hydrogens (tertiary/aromatic N) is 1. The summed E-state index contributed by atoms with van der Waals surface area (Å²) < 4.78 is 0. The van der Waals surface area contributed by atoms with Gasteiger partial charge in [-0.1, -0.05) is 83.9 Å². The standard InChI is InChI=1S/C29H20Cl2N2O3/c1-17-24(30)11-6-12-26(17)33-28(35)23(27(34)32-29(33)36)16-22-19(15-20-8-3-5-10-25(20)31)14-13-18-7-2-4-9-21(18)22/h2-14,16H,15H2,1H3,(H,32,34,36)/b23-16+. The summed E-state index contributed by atoms with van der Waals surface area (Å²) in [5, 5.41) is 5.16. The number of benzene rings is 4. The van der Waals surface area contributed by atoms with E-state index >= 15 is 0 Å². The SMILES string of the molecule is Cc1c(Cl)cccc1N1C(=O)NC(=O)/C(=C\c2c(Cc3ccccc3Cl)ccc3ccccc23)C1=O. The molecule has 0 spiro atoms. The Labute approximate surface area is 217 Å². The Kier molecular flexibility index (Phi) is 6.35. The highest BCUT2D eigenvalue weighted by Crippen LogP contribution is 2.32. The fourth-order valence-electron chi connectivity index (χ4n) is 4.37. The minimum Gasteiger partial charge on any atom is -0.273 e. The summed E-state index contributed by atoms with van der Waals surface area (Å²) in [4.78, 5) is 40.2. The first kappa shape index (κ1) is 23.8. The molecule has 0 unspecified atom stereocenters. The summed E-state index contributed by atoms with van der Waals surface area (Å²) in [5.74, 6) is -1.47. The van der Waals surface area contributed by atoms with Crippen LogP contribution in [0.25, 0.3) is 16.8 Å². The molecule has 1 fully saturated rings. The molecule has 5 nitrogen and oxygen atoms in total. The summed E-state index contributed by atoms with van der Waals surface area (Å²) in [6.45, 7) is 1.71. The molecule has 7 heteroatoms. The van der Waals surface area contributed by atoms with Gasteiger partial charge >= 0.3 is 6.03 Å². The maximum Gasteiger partial charge on any atom is 0.335 e. The summed E-state index contributed by atoms with van der Waals surface area (Å²) >= 11 is 12.7. The van der Waals surface area contributed by atoms with E-state index in [-0.39, 0.29) is 5.57 Å². The number of anilines is 1. The molecule has 4 aromatic rings. The predicted molar refractivity (Wildman–Crippen MR) is 143 cm³/mol. The van der Waals surface area contributed by atoms with Gasteiger partial charge in [0.15, 0.2) is 0 Å². The second-order valence-corrected chi connectivity index (χ2v) is 9.28. The summed E-state index contributed by atoms with van der Waals surface area (Å²) in [7, 11) is 0. The van der Waals surface area contributed by atoms with E-state index in [2.05, 4.69) is 5.32 Å². The van der Waals surface area contributed by atoms with E-state index in [9.17, 15) is 14.4 Å². The molecular formula is C29H20Cl2N2O3. The van der Waals surface area contributed by atoms with Crippen LogP contribution in [0.2, 0.25) is 10.0 Å². The van der Waals surface area contributed by atoms with Crippen LogP contribution >= 0.6 is 23.2 Å². The van der Waals surface area contributed by atoms with Gasteiger partial charge in [0.05, 0.1) is 5.69 Å². The quantitative estimate of drug-likeness (QED) is 0.243. The van der Waals surface area contributed by atoms with Gasteiger partial charge in [-0.05, 0) is 70.6 Å². The van der Waals surface area contributed by atoms with Gasteiger partial charge in [-0.25, -0.2) is 9.69 Å². The first-order valence-electron chi connectivity index (χ1n) is 11.3. The van der Waals surface area contributed by atoms with Crippen LogP contribution in [-0.4, -0.2) is 17.8 Å². The van der Waals surface area contributed by atoms with Crippen molar-refractivity contribution in [2.24, 2.45) is 0 Å². The molecule has 1 aliphatic heterocycles. The highest BCUT2D eigenvalue weighted by molar-refractivity contribution is 6.40. The molecule has 1 N–H and O–H groups in total. The Morgan fingerprint density at radius 2 is 1.53 bits per heavy atom. The van der Waals surface area contributed by atoms with Crippen molar-refractivity contribution in [2.45, 2.75) is 13.3 Å². The maximum atomic E-state index is 13.6. The van der Waals surface area contributed by atoms with Gasteiger partial charge in [-0.3, -0.25) is 14.9 Å². The Hall–Kier alpha value is -3.93. The number of hydrogen-bond donors (Lipinski definition) is 1. The van der Waals surface area contributed by atoms with Gasteiger partial charge in [-0.2, -0.15) is 0 Å². The van der Waals surface area contributed by atoms with E-state index in [1.165, 1.54) is 0 Å². The number of nitrogens with one attached hydrogen (secondary N) is 1. The number of fused-ring (bicyclic) bond motifs is 1. The van der Waals surface area contributed by atoms with Crippen molar-refractivity contribution in [1.82, 2.24) is 5.32 Å². The zero-order chi connectivity index (χ0) is 25.4. The van der Waals surface area contributed by atoms with E-state index in [4.69, 9.17) is 23.2 Å². The van der Waals surface area contributed by atoms with Gasteiger partial charge in [0, 0.05) is 10.0 Å². The number of imide groups is 2. The van der Waals surface area contributed by atoms with E-state index < -0.39 is 17.8 Å². The maximum absolute atomic E-state index is 13.6. The fourth-order valence-corrected chi connectivity index (χ4v) is 4.74. The number of amides is 4. The highest BCUT2D eigenvalue weighted by Gasteiger charge is 2.37. The number of halogens is 2. The third kappa shape index (κ3) is 4.28. The van der Waals surface area contributed by atoms with Crippen molar-refractivity contribution in [1.29, 1.82) is 0 Å². The lowest BCUT2D eigenvalue weighted by molar-refractivity contribution is -0.122. The van der Waals surface area contributed by atoms with Crippen molar-refractivity contribution < 1.29 is 14.4 Å². The van der Waals surface area contributed by atoms with Gasteiger partial charge in [-0.15, -0.1) is 0 Å². The van der Waals surface area contributed by atoms with Crippen molar-refractivity contribution >= 4 is 63.6 Å². The molecule has 0 bridgehead atoms. The Bertz CT molecular complexity index is 1590. The van der Waals surface area contributed by atoms with Crippen LogP contribution in [0.3, 0.4) is 0 Å². The van der Waals surface area contributed by atoms with Crippen LogP contribution in [0.5, 0.6) is 0 Å². The lowest BCUT2D eigenvalue weighted by atomic mass is 9.92. The minimum absolute atomic E-state index is 0.147. The second-order valence-electron chi connectivity index (χ2n) is 8.47. The molecule has 0 aliphatic carbocycles. The number of urea groups is 1. The molecule has 1 heterocycles. The Morgan fingerprint density at radius 1 is 0.806 bits per heavy atom. The predicted octanol–water partition coefficient (Wildman–Crippen LogP) is 6.71. The molecule has 5 rings (SSSR count). The van der Waals surface area contributed by atoms with Crippen LogP contribution < -0.4 is 10.2 Å². The van der Waals surface area contributed by atoms with Crippen molar-refractivity contribution in [3.63, 3.8) is 0 Å². The van der Waals surface area contributed by atoms with Gasteiger partial charge in [0.2, 0.25) is 0 Å². The van der Waals surface area contributed by atoms with Crippen LogP contribution in [-0.2, 0) is 16.0 Å². The van der Waals surface area contributed by atoms with E-state index in [1.54, 1.807) is 31.2 Å². The van der Waals surface area contributed by atoms with E-state index in [0.717, 1.165) is 26.8 Å². The Balaban J connectivity index is 1.67. The molecular weight excluding hydrogens is 495 g/mol. The first-order valence-corrected chi connectivity index (χ1v) is 12.0. The lowest BCUT2D eigenvalue weighted by Crippen LogP contribution is -2.54. The van der Waals surface area contributed by atoms with Gasteiger partial charge < -0.3 is 0 Å². The number of barbiturate groups is 1. The molecule has 0 atom stereocenters. The molecule has 0 radical (unpaired) electrons. The highest BCUT2D eigenvalue weighted by atomic mass is 35.5. The number of carbonyl (C=O) groups excluding carboxylic acids is 3. The van der Waals surface area contributed by atoms with Gasteiger partial charge in [0.1, 0.15) is 5.57 Å². The van der Waals surface area contributed by atoms with Gasteiger partial charge in [0.25, 0.3) is 11.8 Å². The first-order chi connectivity index (χ1) is 17.3. The zero-order valence-electron chi connectivity index (χ0n) is 19.2. The topological polar surface area (TPSA) is 66.5 Å². The average Bonchev–Trinajstić information content (AvgIpc) is 2.86. The van der Waals surface area contributed by atoms with E-state index in [0.29, 0.717) is 33.3 Å². The minimum atomic E-state index is -0.818. The van der Waals surface area contributed by atoms with Crippen molar-refractivity contribution in [2.75, 3.05) is 4.90 Å². The molecule has 4 amide bonds. The smallest absolute Gasteiger partial charge is 0.273 e. The number of carbonyl (C=O) groups is 3.